The molecule has 0 radical (unpaired) electrons. The van der Waals surface area contributed by atoms with Gasteiger partial charge in [-0.1, -0.05) is 24.3 Å². The van der Waals surface area contributed by atoms with E-state index in [0.29, 0.717) is 0 Å². The summed E-state index contributed by atoms with van der Waals surface area (Å²) >= 11 is 0. The molecule has 2 atom stereocenters. The van der Waals surface area contributed by atoms with Crippen molar-refractivity contribution in [3.05, 3.63) is 35.4 Å². The van der Waals surface area contributed by atoms with Crippen molar-refractivity contribution in [1.82, 2.24) is 0 Å². The van der Waals surface area contributed by atoms with E-state index in [9.17, 15) is 0 Å². The molecule has 2 nitrogen and oxygen atoms in total. The van der Waals surface area contributed by atoms with Crippen LogP contribution in [0.4, 0.5) is 0 Å². The van der Waals surface area contributed by atoms with E-state index < -0.39 is 0 Å². The molecular formula is C12H16N2. The van der Waals surface area contributed by atoms with Crippen molar-refractivity contribution in [2.45, 2.75) is 26.3 Å². The third kappa shape index (κ3) is 2.86. The summed E-state index contributed by atoms with van der Waals surface area (Å²) < 4.78 is 0. The first-order chi connectivity index (χ1) is 6.63. The lowest BCUT2D eigenvalue weighted by Gasteiger charge is -2.07. The van der Waals surface area contributed by atoms with Crippen molar-refractivity contribution >= 4 is 0 Å². The Kier molecular flexibility index (Phi) is 3.67. The molecular weight excluding hydrogens is 172 g/mol. The van der Waals surface area contributed by atoms with Gasteiger partial charge in [0.1, 0.15) is 0 Å². The first kappa shape index (κ1) is 10.7. The van der Waals surface area contributed by atoms with Gasteiger partial charge in [0.25, 0.3) is 0 Å². The number of nitrogens with two attached hydrogens (primary N) is 1. The van der Waals surface area contributed by atoms with Gasteiger partial charge in [0, 0.05) is 12.0 Å². The minimum atomic E-state index is 0.0798. The number of hydrogen-bond acceptors (Lipinski definition) is 2. The van der Waals surface area contributed by atoms with Crippen LogP contribution in [0, 0.1) is 17.2 Å². The molecule has 1 rings (SSSR count). The molecule has 1 aromatic carbocycles. The highest BCUT2D eigenvalue weighted by atomic mass is 14.6. The van der Waals surface area contributed by atoms with Gasteiger partial charge in [-0.3, -0.25) is 0 Å². The molecule has 0 aliphatic rings. The molecule has 0 aromatic heterocycles. The maximum Gasteiger partial charge on any atom is 0.0656 e. The molecule has 0 heterocycles. The third-order valence-corrected chi connectivity index (χ3v) is 2.27. The summed E-state index contributed by atoms with van der Waals surface area (Å²) in [5, 5.41) is 8.67. The summed E-state index contributed by atoms with van der Waals surface area (Å²) in [7, 11) is 0. The van der Waals surface area contributed by atoms with Crippen LogP contribution in [-0.4, -0.2) is 0 Å². The third-order valence-electron chi connectivity index (χ3n) is 2.27. The normalized spacial score (nSPS) is 14.4. The predicted molar refractivity (Wildman–Crippen MR) is 57.5 cm³/mol. The average molecular weight is 188 g/mol. The fraction of sp³-hybridized carbons (Fsp3) is 0.417. The molecule has 74 valence electrons. The summed E-state index contributed by atoms with van der Waals surface area (Å²) in [5.41, 5.74) is 8.07. The molecule has 14 heavy (non-hydrogen) atoms. The van der Waals surface area contributed by atoms with Gasteiger partial charge >= 0.3 is 0 Å². The minimum absolute atomic E-state index is 0.0798. The lowest BCUT2D eigenvalue weighted by Crippen LogP contribution is -2.05. The predicted octanol–water partition coefficient (Wildman–Crippen LogP) is 2.41. The molecule has 2 unspecified atom stereocenters. The van der Waals surface area contributed by atoms with Gasteiger partial charge in [0.15, 0.2) is 0 Å². The zero-order valence-electron chi connectivity index (χ0n) is 8.70. The molecule has 0 bridgehead atoms. The summed E-state index contributed by atoms with van der Waals surface area (Å²) in [6, 6.07) is 10.5. The summed E-state index contributed by atoms with van der Waals surface area (Å²) in [4.78, 5) is 0. The SMILES string of the molecule is CC(C#N)Cc1ccc(C(C)N)cc1. The topological polar surface area (TPSA) is 49.8 Å². The zero-order chi connectivity index (χ0) is 10.6. The van der Waals surface area contributed by atoms with E-state index in [1.807, 2.05) is 38.1 Å². The molecule has 2 N–H and O–H groups in total. The van der Waals surface area contributed by atoms with Crippen LogP contribution in [0.3, 0.4) is 0 Å². The Morgan fingerprint density at radius 3 is 2.29 bits per heavy atom. The highest BCUT2D eigenvalue weighted by Crippen LogP contribution is 2.13. The largest absolute Gasteiger partial charge is 0.324 e. The van der Waals surface area contributed by atoms with Crippen LogP contribution in [0.2, 0.25) is 0 Å². The smallest absolute Gasteiger partial charge is 0.0656 e. The van der Waals surface area contributed by atoms with Crippen LogP contribution in [0.1, 0.15) is 31.0 Å². The molecule has 0 aliphatic heterocycles. The highest BCUT2D eigenvalue weighted by Gasteiger charge is 2.02. The number of rotatable bonds is 3. The van der Waals surface area contributed by atoms with Gasteiger partial charge in [-0.05, 0) is 31.4 Å². The van der Waals surface area contributed by atoms with Gasteiger partial charge in [-0.2, -0.15) is 5.26 Å². The second kappa shape index (κ2) is 4.78. The van der Waals surface area contributed by atoms with E-state index in [-0.39, 0.29) is 12.0 Å². The maximum atomic E-state index is 8.67. The lowest BCUT2D eigenvalue weighted by atomic mass is 10.00. The molecule has 0 spiro atoms. The van der Waals surface area contributed by atoms with Crippen molar-refractivity contribution in [3.8, 4) is 6.07 Å². The molecule has 0 saturated carbocycles. The Hall–Kier alpha value is -1.33. The Morgan fingerprint density at radius 1 is 1.29 bits per heavy atom. The van der Waals surface area contributed by atoms with Crippen molar-refractivity contribution < 1.29 is 0 Å². The fourth-order valence-corrected chi connectivity index (χ4v) is 1.36. The fourth-order valence-electron chi connectivity index (χ4n) is 1.36. The quantitative estimate of drug-likeness (QED) is 0.791. The van der Waals surface area contributed by atoms with E-state index in [1.165, 1.54) is 5.56 Å². The summed E-state index contributed by atoms with van der Waals surface area (Å²) in [6.45, 7) is 3.90. The van der Waals surface area contributed by atoms with Crippen LogP contribution in [-0.2, 0) is 6.42 Å². The first-order valence-corrected chi connectivity index (χ1v) is 4.87. The van der Waals surface area contributed by atoms with Gasteiger partial charge in [-0.15, -0.1) is 0 Å². The molecule has 0 amide bonds. The van der Waals surface area contributed by atoms with Gasteiger partial charge in [0.05, 0.1) is 6.07 Å². The zero-order valence-corrected chi connectivity index (χ0v) is 8.70. The van der Waals surface area contributed by atoms with Gasteiger partial charge in [-0.25, -0.2) is 0 Å². The van der Waals surface area contributed by atoms with Crippen molar-refractivity contribution in [2.24, 2.45) is 11.7 Å². The van der Waals surface area contributed by atoms with E-state index in [4.69, 9.17) is 11.0 Å². The molecule has 2 heteroatoms. The summed E-state index contributed by atoms with van der Waals surface area (Å²) in [5.74, 6) is 0.0798. The van der Waals surface area contributed by atoms with E-state index in [2.05, 4.69) is 6.07 Å². The van der Waals surface area contributed by atoms with Gasteiger partial charge < -0.3 is 5.73 Å². The number of hydrogen-bond donors (Lipinski definition) is 1. The van der Waals surface area contributed by atoms with Crippen LogP contribution in [0.25, 0.3) is 0 Å². The first-order valence-electron chi connectivity index (χ1n) is 4.87. The van der Waals surface area contributed by atoms with Crippen LogP contribution in [0.5, 0.6) is 0 Å². The number of nitriles is 1. The molecule has 1 aromatic rings. The van der Waals surface area contributed by atoms with E-state index in [0.717, 1.165) is 12.0 Å². The Labute approximate surface area is 85.4 Å². The lowest BCUT2D eigenvalue weighted by molar-refractivity contribution is 0.737. The van der Waals surface area contributed by atoms with E-state index in [1.54, 1.807) is 0 Å². The van der Waals surface area contributed by atoms with Crippen LogP contribution in [0.15, 0.2) is 24.3 Å². The molecule has 0 aliphatic carbocycles. The van der Waals surface area contributed by atoms with E-state index >= 15 is 0 Å². The summed E-state index contributed by atoms with van der Waals surface area (Å²) in [6.07, 6.45) is 0.815. The standard InChI is InChI=1S/C12H16N2/c1-9(8-13)7-11-3-5-12(6-4-11)10(2)14/h3-6,9-10H,7,14H2,1-2H3. The van der Waals surface area contributed by atoms with Crippen LogP contribution >= 0.6 is 0 Å². The Balaban J connectivity index is 2.70. The highest BCUT2D eigenvalue weighted by molar-refractivity contribution is 5.25. The monoisotopic (exact) mass is 188 g/mol. The minimum Gasteiger partial charge on any atom is -0.324 e. The molecule has 0 fully saturated rings. The van der Waals surface area contributed by atoms with Crippen molar-refractivity contribution in [2.75, 3.05) is 0 Å². The molecule has 0 saturated heterocycles. The van der Waals surface area contributed by atoms with Crippen molar-refractivity contribution in [1.29, 1.82) is 5.26 Å². The Bertz CT molecular complexity index is 319. The van der Waals surface area contributed by atoms with Gasteiger partial charge in [0.2, 0.25) is 0 Å². The Morgan fingerprint density at radius 2 is 1.86 bits per heavy atom. The number of nitrogens with zero attached hydrogens (tertiary/aromatic N) is 1. The van der Waals surface area contributed by atoms with Crippen LogP contribution < -0.4 is 5.73 Å². The second-order valence-corrected chi connectivity index (χ2v) is 3.76. The van der Waals surface area contributed by atoms with Crippen molar-refractivity contribution in [3.63, 3.8) is 0 Å². The number of benzene rings is 1. The average Bonchev–Trinajstić information content (AvgIpc) is 2.18. The maximum absolute atomic E-state index is 8.67. The second-order valence-electron chi connectivity index (χ2n) is 3.76.